The molecular formula is C13H16N4O2. The van der Waals surface area contributed by atoms with Crippen LogP contribution in [0.5, 0.6) is 0 Å². The smallest absolute Gasteiger partial charge is 0.335 e. The maximum atomic E-state index is 10.4. The van der Waals surface area contributed by atoms with Crippen LogP contribution in [0.25, 0.3) is 0 Å². The number of hydrogen-bond donors (Lipinski definition) is 5. The first-order valence-corrected chi connectivity index (χ1v) is 5.39. The molecule has 0 fully saturated rings. The van der Waals surface area contributed by atoms with Gasteiger partial charge in [0.25, 0.3) is 0 Å². The number of benzene rings is 2. The molecule has 0 spiro atoms. The number of carbonyl (C=O) groups is 1. The summed E-state index contributed by atoms with van der Waals surface area (Å²) in [4.78, 5) is 10.4. The Kier molecular flexibility index (Phi) is 4.59. The fourth-order valence-electron chi connectivity index (χ4n) is 1.30. The fourth-order valence-corrected chi connectivity index (χ4v) is 1.30. The highest BCUT2D eigenvalue weighted by molar-refractivity contribution is 5.90. The summed E-state index contributed by atoms with van der Waals surface area (Å²) in [6.07, 6.45) is 0. The van der Waals surface area contributed by atoms with E-state index >= 15 is 0 Å². The molecule has 19 heavy (non-hydrogen) atoms. The molecule has 6 nitrogen and oxygen atoms in total. The van der Waals surface area contributed by atoms with Crippen molar-refractivity contribution in [2.24, 2.45) is 0 Å². The lowest BCUT2D eigenvalue weighted by Gasteiger charge is -1.98. The van der Waals surface area contributed by atoms with Crippen molar-refractivity contribution in [1.29, 1.82) is 0 Å². The third-order valence-electron chi connectivity index (χ3n) is 2.16. The van der Waals surface area contributed by atoms with E-state index in [0.717, 1.165) is 11.4 Å². The largest absolute Gasteiger partial charge is 0.478 e. The van der Waals surface area contributed by atoms with Gasteiger partial charge in [-0.3, -0.25) is 0 Å². The van der Waals surface area contributed by atoms with Crippen LogP contribution < -0.4 is 22.9 Å². The summed E-state index contributed by atoms with van der Waals surface area (Å²) in [6, 6.07) is 11.3. The third-order valence-corrected chi connectivity index (χ3v) is 2.16. The minimum atomic E-state index is -1.02. The first-order valence-electron chi connectivity index (χ1n) is 5.39. The summed E-state index contributed by atoms with van der Waals surface area (Å²) in [5.74, 6) is -1.02. The molecule has 0 heterocycles. The lowest BCUT2D eigenvalue weighted by atomic mass is 10.2. The second-order valence-electron chi connectivity index (χ2n) is 3.86. The number of carboxylic acid groups (broad SMARTS) is 1. The van der Waals surface area contributed by atoms with Gasteiger partial charge in [0.05, 0.1) is 5.56 Å². The number of anilines is 4. The summed E-state index contributed by atoms with van der Waals surface area (Å²) >= 11 is 0. The molecule has 0 radical (unpaired) electrons. The van der Waals surface area contributed by atoms with Crippen LogP contribution >= 0.6 is 0 Å². The average Bonchev–Trinajstić information content (AvgIpc) is 2.32. The maximum absolute atomic E-state index is 10.4. The van der Waals surface area contributed by atoms with Crippen LogP contribution in [0.15, 0.2) is 42.5 Å². The molecule has 2 aromatic carbocycles. The maximum Gasteiger partial charge on any atom is 0.335 e. The number of nitrogen functional groups attached to an aromatic ring is 4. The molecule has 0 saturated heterocycles. The van der Waals surface area contributed by atoms with Crippen molar-refractivity contribution in [3.63, 3.8) is 0 Å². The Balaban J connectivity index is 0.000000200. The predicted molar refractivity (Wildman–Crippen MR) is 77.5 cm³/mol. The molecule has 0 atom stereocenters. The van der Waals surface area contributed by atoms with Gasteiger partial charge in [0.2, 0.25) is 0 Å². The van der Waals surface area contributed by atoms with Crippen molar-refractivity contribution < 1.29 is 9.90 Å². The monoisotopic (exact) mass is 260 g/mol. The van der Waals surface area contributed by atoms with Crippen LogP contribution in [0.1, 0.15) is 10.4 Å². The Labute approximate surface area is 110 Å². The zero-order valence-corrected chi connectivity index (χ0v) is 10.2. The topological polar surface area (TPSA) is 141 Å². The van der Waals surface area contributed by atoms with Crippen molar-refractivity contribution in [2.75, 3.05) is 22.9 Å². The van der Waals surface area contributed by atoms with E-state index in [1.54, 1.807) is 24.3 Å². The first-order chi connectivity index (χ1) is 8.88. The van der Waals surface area contributed by atoms with Crippen LogP contribution in [-0.2, 0) is 0 Å². The van der Waals surface area contributed by atoms with E-state index in [1.165, 1.54) is 18.2 Å². The van der Waals surface area contributed by atoms with Crippen LogP contribution in [0.2, 0.25) is 0 Å². The Hall–Kier alpha value is -2.89. The second-order valence-corrected chi connectivity index (χ2v) is 3.86. The van der Waals surface area contributed by atoms with Crippen LogP contribution in [0.3, 0.4) is 0 Å². The molecule has 0 saturated carbocycles. The van der Waals surface area contributed by atoms with Gasteiger partial charge < -0.3 is 28.0 Å². The van der Waals surface area contributed by atoms with E-state index in [-0.39, 0.29) is 5.56 Å². The lowest BCUT2D eigenvalue weighted by molar-refractivity contribution is 0.0697. The molecule has 0 aliphatic heterocycles. The number of nitrogens with two attached hydrogens (primary N) is 4. The minimum absolute atomic E-state index is 0.113. The Morgan fingerprint density at radius 3 is 1.42 bits per heavy atom. The predicted octanol–water partition coefficient (Wildman–Crippen LogP) is 1.40. The molecule has 0 aliphatic carbocycles. The Morgan fingerprint density at radius 1 is 0.737 bits per heavy atom. The molecule has 0 aromatic heterocycles. The van der Waals surface area contributed by atoms with Gasteiger partial charge in [-0.15, -0.1) is 0 Å². The average molecular weight is 260 g/mol. The molecule has 0 unspecified atom stereocenters. The molecule has 0 amide bonds. The normalized spacial score (nSPS) is 9.26. The standard InChI is InChI=1S/C7H8N2O2.C6H8N2/c8-5-1-4(7(10)11)2-6(9)3-5;7-5-1-2-6(8)4-3-5/h1-3H,8-9H2,(H,10,11);1-4H,7-8H2. The molecule has 6 heteroatoms. The number of rotatable bonds is 1. The van der Waals surface area contributed by atoms with Crippen molar-refractivity contribution in [3.05, 3.63) is 48.0 Å². The highest BCUT2D eigenvalue weighted by atomic mass is 16.4. The molecular weight excluding hydrogens is 244 g/mol. The number of carboxylic acids is 1. The van der Waals surface area contributed by atoms with E-state index < -0.39 is 5.97 Å². The summed E-state index contributed by atoms with van der Waals surface area (Å²) in [5, 5.41) is 8.52. The zero-order valence-electron chi connectivity index (χ0n) is 10.2. The van der Waals surface area contributed by atoms with Gasteiger partial charge in [0, 0.05) is 22.7 Å². The van der Waals surface area contributed by atoms with E-state index in [9.17, 15) is 4.79 Å². The molecule has 100 valence electrons. The number of hydrogen-bond acceptors (Lipinski definition) is 5. The summed E-state index contributed by atoms with van der Waals surface area (Å²) < 4.78 is 0. The highest BCUT2D eigenvalue weighted by Gasteiger charge is 2.02. The Morgan fingerprint density at radius 2 is 1.11 bits per heavy atom. The van der Waals surface area contributed by atoms with Gasteiger partial charge >= 0.3 is 5.97 Å². The second kappa shape index (κ2) is 6.15. The molecule has 2 rings (SSSR count). The summed E-state index contributed by atoms with van der Waals surface area (Å²) in [5.41, 5.74) is 23.8. The highest BCUT2D eigenvalue weighted by Crippen LogP contribution is 2.13. The van der Waals surface area contributed by atoms with E-state index in [1.807, 2.05) is 0 Å². The van der Waals surface area contributed by atoms with E-state index in [0.29, 0.717) is 11.4 Å². The van der Waals surface area contributed by atoms with Crippen LogP contribution in [0.4, 0.5) is 22.7 Å². The van der Waals surface area contributed by atoms with Gasteiger partial charge in [0.15, 0.2) is 0 Å². The third kappa shape index (κ3) is 4.86. The molecule has 2 aromatic rings. The lowest BCUT2D eigenvalue weighted by Crippen LogP contribution is -1.99. The Bertz CT molecular complexity index is 526. The van der Waals surface area contributed by atoms with Crippen LogP contribution in [-0.4, -0.2) is 11.1 Å². The van der Waals surface area contributed by atoms with Crippen molar-refractivity contribution in [3.8, 4) is 0 Å². The van der Waals surface area contributed by atoms with Gasteiger partial charge in [-0.05, 0) is 42.5 Å². The number of aromatic carboxylic acids is 1. The summed E-state index contributed by atoms with van der Waals surface area (Å²) in [7, 11) is 0. The molecule has 0 aliphatic rings. The first kappa shape index (κ1) is 14.2. The van der Waals surface area contributed by atoms with Gasteiger partial charge in [-0.25, -0.2) is 4.79 Å². The van der Waals surface area contributed by atoms with Crippen LogP contribution in [0, 0.1) is 0 Å². The quantitative estimate of drug-likeness (QED) is 0.490. The molecule has 0 bridgehead atoms. The van der Waals surface area contributed by atoms with Crippen molar-refractivity contribution >= 4 is 28.7 Å². The van der Waals surface area contributed by atoms with E-state index in [4.69, 9.17) is 28.0 Å². The van der Waals surface area contributed by atoms with Crippen molar-refractivity contribution in [1.82, 2.24) is 0 Å². The zero-order chi connectivity index (χ0) is 14.4. The fraction of sp³-hybridized carbons (Fsp3) is 0. The van der Waals surface area contributed by atoms with Gasteiger partial charge in [-0.1, -0.05) is 0 Å². The van der Waals surface area contributed by atoms with Gasteiger partial charge in [0.1, 0.15) is 0 Å². The van der Waals surface area contributed by atoms with Crippen molar-refractivity contribution in [2.45, 2.75) is 0 Å². The minimum Gasteiger partial charge on any atom is -0.478 e. The van der Waals surface area contributed by atoms with Gasteiger partial charge in [-0.2, -0.15) is 0 Å². The SMILES string of the molecule is Nc1cc(N)cc(C(=O)O)c1.Nc1ccc(N)cc1. The van der Waals surface area contributed by atoms with E-state index in [2.05, 4.69) is 0 Å². The summed E-state index contributed by atoms with van der Waals surface area (Å²) in [6.45, 7) is 0. The molecule has 9 N–H and O–H groups in total.